The minimum absolute atomic E-state index is 0.307. The highest BCUT2D eigenvalue weighted by Crippen LogP contribution is 2.47. The minimum Gasteiger partial charge on any atom is -0.367 e. The second-order valence-corrected chi connectivity index (χ2v) is 11.1. The summed E-state index contributed by atoms with van der Waals surface area (Å²) in [5, 5.41) is 5.11. The van der Waals surface area contributed by atoms with Crippen LogP contribution in [0, 0.1) is 0 Å². The first kappa shape index (κ1) is 22.1. The van der Waals surface area contributed by atoms with Crippen LogP contribution in [0.4, 0.5) is 5.82 Å². The first-order valence-corrected chi connectivity index (χ1v) is 13.5. The first-order valence-electron chi connectivity index (χ1n) is 12.6. The summed E-state index contributed by atoms with van der Waals surface area (Å²) in [4.78, 5) is 28.9. The van der Waals surface area contributed by atoms with Crippen LogP contribution in [0.1, 0.15) is 81.1 Å². The van der Waals surface area contributed by atoms with Gasteiger partial charge in [-0.2, -0.15) is 0 Å². The molecule has 2 aromatic heterocycles. The molecule has 2 aliphatic carbocycles. The Morgan fingerprint density at radius 3 is 2.72 bits per heavy atom. The second-order valence-electron chi connectivity index (χ2n) is 10.0. The Hall–Kier alpha value is -1.73. The summed E-state index contributed by atoms with van der Waals surface area (Å²) in [6, 6.07) is 0.956. The molecule has 1 atom stereocenters. The van der Waals surface area contributed by atoms with E-state index in [4.69, 9.17) is 4.98 Å². The number of thiophene rings is 1. The topological polar surface area (TPSA) is 61.4 Å². The molecule has 1 saturated heterocycles. The zero-order valence-corrected chi connectivity index (χ0v) is 20.4. The van der Waals surface area contributed by atoms with Crippen LogP contribution in [0.2, 0.25) is 0 Å². The molecule has 32 heavy (non-hydrogen) atoms. The summed E-state index contributed by atoms with van der Waals surface area (Å²) < 4.78 is 0. The van der Waals surface area contributed by atoms with Gasteiger partial charge in [0.1, 0.15) is 17.0 Å². The van der Waals surface area contributed by atoms with Crippen molar-refractivity contribution < 1.29 is 4.79 Å². The van der Waals surface area contributed by atoms with Gasteiger partial charge in [0.25, 0.3) is 0 Å². The van der Waals surface area contributed by atoms with Gasteiger partial charge in [-0.25, -0.2) is 9.97 Å². The standard InChI is InChI=1S/C25H37N5OS/c1-3-6-17-7-12-20-22(17)23-24(26-16-27-25(23)32-20)28-18-8-10-19(11-9-18)29(2)15-21(31)30-13-4-5-14-30/h16-19H,3-15H2,1-2H3,(H,26,27,28)/t17-,18?,19?/m0/s1. The monoisotopic (exact) mass is 455 g/mol. The van der Waals surface area contributed by atoms with E-state index in [2.05, 4.69) is 29.2 Å². The van der Waals surface area contributed by atoms with Crippen molar-refractivity contribution in [3.63, 3.8) is 0 Å². The molecule has 5 rings (SSSR count). The molecule has 0 radical (unpaired) electrons. The number of fused-ring (bicyclic) bond motifs is 3. The molecule has 0 unspecified atom stereocenters. The fraction of sp³-hybridized carbons (Fsp3) is 0.720. The third-order valence-electron chi connectivity index (χ3n) is 7.87. The van der Waals surface area contributed by atoms with Crippen molar-refractivity contribution >= 4 is 33.3 Å². The fourth-order valence-corrected chi connectivity index (χ4v) is 7.32. The summed E-state index contributed by atoms with van der Waals surface area (Å²) in [6.45, 7) is 4.75. The maximum atomic E-state index is 12.5. The summed E-state index contributed by atoms with van der Waals surface area (Å²) >= 11 is 1.88. The number of aryl methyl sites for hydroxylation is 1. The lowest BCUT2D eigenvalue weighted by Gasteiger charge is -2.35. The van der Waals surface area contributed by atoms with E-state index in [1.54, 1.807) is 11.9 Å². The van der Waals surface area contributed by atoms with Crippen LogP contribution >= 0.6 is 11.3 Å². The van der Waals surface area contributed by atoms with Crippen molar-refractivity contribution in [2.45, 2.75) is 89.1 Å². The van der Waals surface area contributed by atoms with Gasteiger partial charge < -0.3 is 10.2 Å². The Labute approximate surface area is 195 Å². The lowest BCUT2D eigenvalue weighted by molar-refractivity contribution is -0.131. The van der Waals surface area contributed by atoms with E-state index < -0.39 is 0 Å². The Bertz CT molecular complexity index is 945. The van der Waals surface area contributed by atoms with Crippen LogP contribution in [0.3, 0.4) is 0 Å². The van der Waals surface area contributed by atoms with Gasteiger partial charge in [0, 0.05) is 30.1 Å². The molecule has 1 aliphatic heterocycles. The maximum absolute atomic E-state index is 12.5. The van der Waals surface area contributed by atoms with E-state index >= 15 is 0 Å². The van der Waals surface area contributed by atoms with Crippen LogP contribution in [0.5, 0.6) is 0 Å². The van der Waals surface area contributed by atoms with Crippen molar-refractivity contribution in [2.75, 3.05) is 32.0 Å². The Kier molecular flexibility index (Phi) is 6.65. The maximum Gasteiger partial charge on any atom is 0.236 e. The van der Waals surface area contributed by atoms with Crippen molar-refractivity contribution in [3.05, 3.63) is 16.8 Å². The second kappa shape index (κ2) is 9.64. The molecule has 2 fully saturated rings. The van der Waals surface area contributed by atoms with Gasteiger partial charge in [-0.3, -0.25) is 9.69 Å². The number of amides is 1. The largest absolute Gasteiger partial charge is 0.367 e. The number of nitrogens with zero attached hydrogens (tertiary/aromatic N) is 4. The molecule has 3 heterocycles. The van der Waals surface area contributed by atoms with E-state index in [0.29, 0.717) is 30.5 Å². The predicted octanol–water partition coefficient (Wildman–Crippen LogP) is 4.80. The van der Waals surface area contributed by atoms with Gasteiger partial charge in [0.15, 0.2) is 0 Å². The molecular formula is C25H37N5OS. The zero-order valence-electron chi connectivity index (χ0n) is 19.6. The van der Waals surface area contributed by atoms with Crippen LogP contribution in [-0.2, 0) is 11.2 Å². The van der Waals surface area contributed by atoms with E-state index in [0.717, 1.165) is 62.3 Å². The number of rotatable bonds is 7. The van der Waals surface area contributed by atoms with Gasteiger partial charge >= 0.3 is 0 Å². The third kappa shape index (κ3) is 4.38. The van der Waals surface area contributed by atoms with Crippen LogP contribution < -0.4 is 5.32 Å². The average Bonchev–Trinajstić information content (AvgIpc) is 3.53. The Balaban J connectivity index is 1.21. The summed E-state index contributed by atoms with van der Waals surface area (Å²) in [5.41, 5.74) is 1.55. The number of likely N-dealkylation sites (tertiary alicyclic amines) is 1. The molecule has 2 aromatic rings. The molecule has 1 amide bonds. The summed E-state index contributed by atoms with van der Waals surface area (Å²) in [5.74, 6) is 2.03. The highest BCUT2D eigenvalue weighted by molar-refractivity contribution is 7.19. The Morgan fingerprint density at radius 2 is 1.97 bits per heavy atom. The van der Waals surface area contributed by atoms with Crippen LogP contribution in [0.25, 0.3) is 10.2 Å². The fourth-order valence-electron chi connectivity index (χ4n) is 6.08. The molecule has 174 valence electrons. The molecular weight excluding hydrogens is 418 g/mol. The van der Waals surface area contributed by atoms with Crippen molar-refractivity contribution in [2.24, 2.45) is 0 Å². The minimum atomic E-state index is 0.307. The number of nitrogens with one attached hydrogen (secondary N) is 1. The predicted molar refractivity (Wildman–Crippen MR) is 131 cm³/mol. The first-order chi connectivity index (χ1) is 15.6. The molecule has 3 aliphatic rings. The van der Waals surface area contributed by atoms with E-state index in [-0.39, 0.29) is 0 Å². The molecule has 1 saturated carbocycles. The van der Waals surface area contributed by atoms with Crippen LogP contribution in [-0.4, -0.2) is 64.4 Å². The number of anilines is 1. The van der Waals surface area contributed by atoms with E-state index in [1.165, 1.54) is 35.9 Å². The lowest BCUT2D eigenvalue weighted by Crippen LogP contribution is -2.44. The number of likely N-dealkylation sites (N-methyl/N-ethyl adjacent to an activating group) is 1. The molecule has 6 nitrogen and oxygen atoms in total. The summed E-state index contributed by atoms with van der Waals surface area (Å²) in [6.07, 6.45) is 13.6. The van der Waals surface area contributed by atoms with Crippen molar-refractivity contribution in [3.8, 4) is 0 Å². The van der Waals surface area contributed by atoms with Gasteiger partial charge in [-0.1, -0.05) is 13.3 Å². The van der Waals surface area contributed by atoms with Crippen LogP contribution in [0.15, 0.2) is 6.33 Å². The van der Waals surface area contributed by atoms with E-state index in [1.807, 2.05) is 16.2 Å². The molecule has 0 spiro atoms. The van der Waals surface area contributed by atoms with Gasteiger partial charge in [-0.15, -0.1) is 11.3 Å². The number of carbonyl (C=O) groups excluding carboxylic acids is 1. The zero-order chi connectivity index (χ0) is 22.1. The highest BCUT2D eigenvalue weighted by atomic mass is 32.1. The normalized spacial score (nSPS) is 25.6. The molecule has 0 bridgehead atoms. The molecule has 7 heteroatoms. The Morgan fingerprint density at radius 1 is 1.19 bits per heavy atom. The van der Waals surface area contributed by atoms with E-state index in [9.17, 15) is 4.79 Å². The van der Waals surface area contributed by atoms with Crippen molar-refractivity contribution in [1.29, 1.82) is 0 Å². The average molecular weight is 456 g/mol. The smallest absolute Gasteiger partial charge is 0.236 e. The number of carbonyl (C=O) groups is 1. The third-order valence-corrected chi connectivity index (χ3v) is 9.05. The number of hydrogen-bond donors (Lipinski definition) is 1. The molecule has 0 aromatic carbocycles. The van der Waals surface area contributed by atoms with Gasteiger partial charge in [-0.05, 0) is 76.3 Å². The number of hydrogen-bond acceptors (Lipinski definition) is 6. The SMILES string of the molecule is CCC[C@H]1CCc2sc3ncnc(NC4CCC(N(C)CC(=O)N5CCCC5)CC4)c3c21. The number of aromatic nitrogens is 2. The molecule has 1 N–H and O–H groups in total. The van der Waals surface area contributed by atoms with Gasteiger partial charge in [0.2, 0.25) is 5.91 Å². The summed E-state index contributed by atoms with van der Waals surface area (Å²) in [7, 11) is 2.13. The van der Waals surface area contributed by atoms with Crippen molar-refractivity contribution in [1.82, 2.24) is 19.8 Å². The highest BCUT2D eigenvalue weighted by Gasteiger charge is 2.31. The van der Waals surface area contributed by atoms with Gasteiger partial charge in [0.05, 0.1) is 11.9 Å². The lowest BCUT2D eigenvalue weighted by atomic mass is 9.90. The quantitative estimate of drug-likeness (QED) is 0.650.